The molecule has 0 radical (unpaired) electrons. The van der Waals surface area contributed by atoms with Crippen molar-refractivity contribution in [2.45, 2.75) is 110 Å². The zero-order valence-corrected chi connectivity index (χ0v) is 24.9. The Bertz CT molecular complexity index is 1180. The Balaban J connectivity index is 2.16. The zero-order chi connectivity index (χ0) is 31.8. The monoisotopic (exact) mass is 610 g/mol. The van der Waals surface area contributed by atoms with Crippen molar-refractivity contribution in [1.29, 1.82) is 0 Å². The standard InChI is InChI=1S/C33H42F4O6/c1-3-5-7-9-10-12-14-16-28(38)43-27-22-21-25(31(39)40)30(34)29(27)23-17-19-24(20-18-23)42-32(41)26(33(35,36)37)15-13-11-8-6-4-2/h17-22,26H,3-16H2,1-2H3,(H,39,40). The largest absolute Gasteiger partial charge is 0.478 e. The van der Waals surface area contributed by atoms with Crippen molar-refractivity contribution in [2.24, 2.45) is 5.92 Å². The molecule has 1 unspecified atom stereocenters. The molecular weight excluding hydrogens is 568 g/mol. The van der Waals surface area contributed by atoms with Crippen LogP contribution in [-0.2, 0) is 9.59 Å². The predicted octanol–water partition coefficient (Wildman–Crippen LogP) is 9.68. The number of carboxylic acids is 1. The molecular formula is C33H42F4O6. The Hall–Kier alpha value is -3.43. The summed E-state index contributed by atoms with van der Waals surface area (Å²) < 4.78 is 66.4. The van der Waals surface area contributed by atoms with E-state index in [1.165, 1.54) is 36.8 Å². The maximum atomic E-state index is 15.3. The van der Waals surface area contributed by atoms with Crippen LogP contribution in [0, 0.1) is 11.7 Å². The van der Waals surface area contributed by atoms with Gasteiger partial charge in [-0.25, -0.2) is 9.18 Å². The number of benzene rings is 2. The summed E-state index contributed by atoms with van der Waals surface area (Å²) in [5.41, 5.74) is -0.863. The fourth-order valence-corrected chi connectivity index (χ4v) is 4.72. The van der Waals surface area contributed by atoms with E-state index in [2.05, 4.69) is 6.92 Å². The van der Waals surface area contributed by atoms with Gasteiger partial charge in [-0.1, -0.05) is 96.6 Å². The van der Waals surface area contributed by atoms with Gasteiger partial charge in [0.1, 0.15) is 17.3 Å². The van der Waals surface area contributed by atoms with Crippen molar-refractivity contribution in [3.8, 4) is 22.6 Å². The first-order valence-electron chi connectivity index (χ1n) is 15.1. The fraction of sp³-hybridized carbons (Fsp3) is 0.545. The molecule has 43 heavy (non-hydrogen) atoms. The third kappa shape index (κ3) is 12.0. The van der Waals surface area contributed by atoms with E-state index in [0.29, 0.717) is 12.8 Å². The molecule has 0 aliphatic heterocycles. The van der Waals surface area contributed by atoms with E-state index in [9.17, 15) is 32.7 Å². The van der Waals surface area contributed by atoms with Crippen molar-refractivity contribution >= 4 is 17.9 Å². The highest BCUT2D eigenvalue weighted by Crippen LogP contribution is 2.37. The molecule has 0 fully saturated rings. The highest BCUT2D eigenvalue weighted by molar-refractivity contribution is 5.91. The predicted molar refractivity (Wildman–Crippen MR) is 156 cm³/mol. The van der Waals surface area contributed by atoms with E-state index in [1.54, 1.807) is 0 Å². The Morgan fingerprint density at radius 2 is 1.33 bits per heavy atom. The summed E-state index contributed by atoms with van der Waals surface area (Å²) in [6, 6.07) is 7.05. The molecule has 2 aromatic rings. The maximum Gasteiger partial charge on any atom is 0.402 e. The molecule has 0 aliphatic carbocycles. The van der Waals surface area contributed by atoms with Gasteiger partial charge in [0.25, 0.3) is 0 Å². The fourth-order valence-electron chi connectivity index (χ4n) is 4.72. The van der Waals surface area contributed by atoms with Gasteiger partial charge in [-0.2, -0.15) is 13.2 Å². The number of ether oxygens (including phenoxy) is 2. The summed E-state index contributed by atoms with van der Waals surface area (Å²) >= 11 is 0. The first-order chi connectivity index (χ1) is 20.5. The number of esters is 2. The van der Waals surface area contributed by atoms with Gasteiger partial charge in [-0.3, -0.25) is 9.59 Å². The molecule has 2 aromatic carbocycles. The van der Waals surface area contributed by atoms with Crippen LogP contribution in [0.4, 0.5) is 17.6 Å². The number of rotatable bonds is 19. The van der Waals surface area contributed by atoms with Crippen molar-refractivity contribution in [3.05, 3.63) is 47.8 Å². The second kappa shape index (κ2) is 18.3. The molecule has 1 atom stereocenters. The molecule has 0 aliphatic rings. The highest BCUT2D eigenvalue weighted by Gasteiger charge is 2.45. The van der Waals surface area contributed by atoms with E-state index in [1.807, 2.05) is 6.92 Å². The van der Waals surface area contributed by atoms with Gasteiger partial charge < -0.3 is 14.6 Å². The second-order valence-electron chi connectivity index (χ2n) is 10.7. The molecule has 2 rings (SSSR count). The number of aromatic carboxylic acids is 1. The Morgan fingerprint density at radius 3 is 1.88 bits per heavy atom. The summed E-state index contributed by atoms with van der Waals surface area (Å²) in [4.78, 5) is 36.5. The molecule has 238 valence electrons. The van der Waals surface area contributed by atoms with Gasteiger partial charge in [0.15, 0.2) is 5.92 Å². The number of carbonyl (C=O) groups is 3. The Morgan fingerprint density at radius 1 is 0.767 bits per heavy atom. The molecule has 10 heteroatoms. The Labute approximate surface area is 250 Å². The summed E-state index contributed by atoms with van der Waals surface area (Å²) in [7, 11) is 0. The minimum absolute atomic E-state index is 0.0856. The third-order valence-electron chi connectivity index (χ3n) is 7.18. The molecule has 6 nitrogen and oxygen atoms in total. The molecule has 0 amide bonds. The number of hydrogen-bond donors (Lipinski definition) is 1. The average Bonchev–Trinajstić information content (AvgIpc) is 2.94. The smallest absolute Gasteiger partial charge is 0.402 e. The van der Waals surface area contributed by atoms with Crippen molar-refractivity contribution in [1.82, 2.24) is 0 Å². The number of carboxylic acid groups (broad SMARTS) is 1. The van der Waals surface area contributed by atoms with E-state index >= 15 is 4.39 Å². The molecule has 0 bridgehead atoms. The van der Waals surface area contributed by atoms with Crippen molar-refractivity contribution < 1.29 is 46.5 Å². The van der Waals surface area contributed by atoms with Crippen LogP contribution in [0.2, 0.25) is 0 Å². The lowest BCUT2D eigenvalue weighted by molar-refractivity contribution is -0.193. The van der Waals surface area contributed by atoms with Crippen LogP contribution >= 0.6 is 0 Å². The number of carbonyl (C=O) groups excluding carboxylic acids is 2. The summed E-state index contributed by atoms with van der Waals surface area (Å²) in [5, 5.41) is 9.40. The van der Waals surface area contributed by atoms with Gasteiger partial charge in [-0.15, -0.1) is 0 Å². The quantitative estimate of drug-likeness (QED) is 0.0737. The molecule has 1 N–H and O–H groups in total. The third-order valence-corrected chi connectivity index (χ3v) is 7.18. The van der Waals surface area contributed by atoms with E-state index in [-0.39, 0.29) is 41.9 Å². The molecule has 0 saturated carbocycles. The second-order valence-corrected chi connectivity index (χ2v) is 10.7. The molecule has 0 aromatic heterocycles. The normalized spacial score (nSPS) is 12.1. The van der Waals surface area contributed by atoms with E-state index in [4.69, 9.17) is 9.47 Å². The van der Waals surface area contributed by atoms with Gasteiger partial charge in [0, 0.05) is 6.42 Å². The lowest BCUT2D eigenvalue weighted by atomic mass is 9.99. The minimum atomic E-state index is -4.77. The lowest BCUT2D eigenvalue weighted by Gasteiger charge is -2.19. The average molecular weight is 611 g/mol. The summed E-state index contributed by atoms with van der Waals surface area (Å²) in [6.45, 7) is 4.12. The molecule has 0 saturated heterocycles. The molecule has 0 spiro atoms. The number of hydrogen-bond acceptors (Lipinski definition) is 5. The maximum absolute atomic E-state index is 15.3. The van der Waals surface area contributed by atoms with Crippen molar-refractivity contribution in [3.63, 3.8) is 0 Å². The Kier molecular flexibility index (Phi) is 15.2. The summed E-state index contributed by atoms with van der Waals surface area (Å²) in [6.07, 6.45) is 5.33. The van der Waals surface area contributed by atoms with E-state index < -0.39 is 41.4 Å². The van der Waals surface area contributed by atoms with Gasteiger partial charge in [0.2, 0.25) is 0 Å². The molecule has 0 heterocycles. The van der Waals surface area contributed by atoms with Crippen LogP contribution in [0.5, 0.6) is 11.5 Å². The minimum Gasteiger partial charge on any atom is -0.478 e. The zero-order valence-electron chi connectivity index (χ0n) is 24.9. The topological polar surface area (TPSA) is 89.9 Å². The first-order valence-corrected chi connectivity index (χ1v) is 15.1. The van der Waals surface area contributed by atoms with Gasteiger partial charge in [-0.05, 0) is 42.7 Å². The van der Waals surface area contributed by atoms with Gasteiger partial charge in [0.05, 0.1) is 11.1 Å². The highest BCUT2D eigenvalue weighted by atomic mass is 19.4. The number of alkyl halides is 3. The van der Waals surface area contributed by atoms with Crippen LogP contribution < -0.4 is 9.47 Å². The van der Waals surface area contributed by atoms with E-state index in [0.717, 1.165) is 57.4 Å². The van der Waals surface area contributed by atoms with Crippen LogP contribution in [0.3, 0.4) is 0 Å². The van der Waals surface area contributed by atoms with Gasteiger partial charge >= 0.3 is 24.1 Å². The number of halogens is 4. The first kappa shape index (κ1) is 35.8. The summed E-state index contributed by atoms with van der Waals surface area (Å²) in [5.74, 6) is -7.37. The van der Waals surface area contributed by atoms with Crippen molar-refractivity contribution in [2.75, 3.05) is 0 Å². The lowest BCUT2D eigenvalue weighted by Crippen LogP contribution is -2.33. The van der Waals surface area contributed by atoms with Crippen LogP contribution in [0.25, 0.3) is 11.1 Å². The van der Waals surface area contributed by atoms with Crippen LogP contribution in [0.15, 0.2) is 36.4 Å². The van der Waals surface area contributed by atoms with Crippen LogP contribution in [0.1, 0.15) is 114 Å². The number of unbranched alkanes of at least 4 members (excludes halogenated alkanes) is 10. The van der Waals surface area contributed by atoms with Crippen LogP contribution in [-0.4, -0.2) is 29.2 Å². The SMILES string of the molecule is CCCCCCCCCC(=O)Oc1ccc(C(=O)O)c(F)c1-c1ccc(OC(=O)C(CCCCCCC)C(F)(F)F)cc1.